The molecule has 224 valence electrons. The molecule has 0 radical (unpaired) electrons. The molecule has 3 N–H and O–H groups in total. The summed E-state index contributed by atoms with van der Waals surface area (Å²) < 4.78 is 38.0. The molecular weight excluding hydrogens is 530 g/mol. The summed E-state index contributed by atoms with van der Waals surface area (Å²) in [5.41, 5.74) is 5.27. The van der Waals surface area contributed by atoms with Crippen molar-refractivity contribution in [2.45, 2.75) is 91.3 Å². The van der Waals surface area contributed by atoms with Crippen molar-refractivity contribution in [2.75, 3.05) is 30.0 Å². The number of anilines is 2. The summed E-state index contributed by atoms with van der Waals surface area (Å²) in [5, 5.41) is 0. The van der Waals surface area contributed by atoms with Crippen molar-refractivity contribution in [3.63, 3.8) is 0 Å². The smallest absolute Gasteiger partial charge is 0.387 e. The van der Waals surface area contributed by atoms with E-state index in [4.69, 9.17) is 25.5 Å². The third-order valence-electron chi connectivity index (χ3n) is 8.37. The second kappa shape index (κ2) is 12.4. The van der Waals surface area contributed by atoms with E-state index in [1.165, 1.54) is 0 Å². The van der Waals surface area contributed by atoms with E-state index in [0.29, 0.717) is 18.4 Å². The Balaban J connectivity index is 1.46. The molecule has 0 saturated carbocycles. The molecule has 12 heteroatoms. The molecular formula is C29H42F2N8O2. The predicted octanol–water partition coefficient (Wildman–Crippen LogP) is 4.89. The molecule has 0 amide bonds. The summed E-state index contributed by atoms with van der Waals surface area (Å²) in [6.45, 7) is 11.0. The highest BCUT2D eigenvalue weighted by molar-refractivity contribution is 5.85. The van der Waals surface area contributed by atoms with Crippen molar-refractivity contribution in [1.29, 1.82) is 0 Å². The van der Waals surface area contributed by atoms with E-state index in [0.717, 1.165) is 67.3 Å². The number of hydrogen-bond donors (Lipinski definition) is 2. The molecule has 2 aliphatic heterocycles. The number of piperazine rings is 1. The average molecular weight is 573 g/mol. The van der Waals surface area contributed by atoms with Gasteiger partial charge in [0.05, 0.1) is 12.6 Å². The van der Waals surface area contributed by atoms with Crippen LogP contribution in [0.4, 0.5) is 20.5 Å². The fourth-order valence-corrected chi connectivity index (χ4v) is 6.44. The highest BCUT2D eigenvalue weighted by Crippen LogP contribution is 2.37. The number of ether oxygens (including phenoxy) is 2. The van der Waals surface area contributed by atoms with Crippen LogP contribution in [0.1, 0.15) is 64.4 Å². The molecule has 1 unspecified atom stereocenters. The number of aromatic nitrogens is 4. The van der Waals surface area contributed by atoms with Crippen LogP contribution >= 0.6 is 0 Å². The van der Waals surface area contributed by atoms with Crippen molar-refractivity contribution in [1.82, 2.24) is 24.4 Å². The Morgan fingerprint density at radius 3 is 2.51 bits per heavy atom. The first kappa shape index (κ1) is 29.4. The molecule has 1 aromatic carbocycles. The Morgan fingerprint density at radius 2 is 1.90 bits per heavy atom. The van der Waals surface area contributed by atoms with Crippen molar-refractivity contribution in [3.8, 4) is 5.75 Å². The number of benzene rings is 1. The summed E-state index contributed by atoms with van der Waals surface area (Å²) >= 11 is 0. The maximum atomic E-state index is 12.7. The second-order valence-corrected chi connectivity index (χ2v) is 11.5. The highest BCUT2D eigenvalue weighted by atomic mass is 19.3. The maximum absolute atomic E-state index is 12.7. The van der Waals surface area contributed by atoms with Crippen molar-refractivity contribution in [3.05, 3.63) is 35.7 Å². The van der Waals surface area contributed by atoms with Crippen molar-refractivity contribution >= 4 is 22.9 Å². The maximum Gasteiger partial charge on any atom is 0.387 e. The van der Waals surface area contributed by atoms with E-state index in [1.807, 2.05) is 19.1 Å². The average Bonchev–Trinajstić information content (AvgIpc) is 3.57. The quantitative estimate of drug-likeness (QED) is 0.260. The number of nitrogens with zero attached hydrogens (tertiary/aromatic N) is 6. The van der Waals surface area contributed by atoms with Gasteiger partial charge in [-0.15, -0.1) is 0 Å². The lowest BCUT2D eigenvalue weighted by molar-refractivity contribution is -0.0498. The molecule has 4 atom stereocenters. The van der Waals surface area contributed by atoms with Gasteiger partial charge < -0.3 is 18.9 Å². The van der Waals surface area contributed by atoms with Crippen LogP contribution < -0.4 is 20.9 Å². The monoisotopic (exact) mass is 572 g/mol. The number of nitrogens with two attached hydrogens (primary N) is 1. The number of halogens is 2. The number of fused-ring (bicyclic) bond motifs is 1. The summed E-state index contributed by atoms with van der Waals surface area (Å²) in [4.78, 5) is 19.4. The fourth-order valence-electron chi connectivity index (χ4n) is 6.44. The van der Waals surface area contributed by atoms with E-state index >= 15 is 0 Å². The Kier molecular flexibility index (Phi) is 8.91. The molecule has 41 heavy (non-hydrogen) atoms. The van der Waals surface area contributed by atoms with Crippen molar-refractivity contribution < 1.29 is 18.3 Å². The lowest BCUT2D eigenvalue weighted by Crippen LogP contribution is -2.59. The number of nitrogens with one attached hydrogen (secondary N) is 1. The van der Waals surface area contributed by atoms with Gasteiger partial charge in [0.1, 0.15) is 11.6 Å². The number of hydrogen-bond acceptors (Lipinski definition) is 9. The Labute approximate surface area is 240 Å². The van der Waals surface area contributed by atoms with Gasteiger partial charge in [0.25, 0.3) is 0 Å². The topological polar surface area (TPSA) is 107 Å². The standard InChI is InChI=1S/C29H42F2N8O2/c1-6-21-15-37(18(4)14-39(21)25(17(2)3)20-9-11-22(12-10-20)41-28(30)31)26-24-27(35-29(34-26)36-32)38(19(5)33-24)16-23-8-7-13-40-23/h9-12,17-18,21,23,25,28H,6-8,13-16,32H2,1-5H3,(H,34,35,36)/t18-,21+,23-,25?/m0/s1. The van der Waals surface area contributed by atoms with Gasteiger partial charge >= 0.3 is 6.61 Å². The molecule has 0 aliphatic carbocycles. The van der Waals surface area contributed by atoms with Gasteiger partial charge in [-0.25, -0.2) is 10.8 Å². The van der Waals surface area contributed by atoms with Gasteiger partial charge in [-0.3, -0.25) is 10.3 Å². The first-order valence-electron chi connectivity index (χ1n) is 14.6. The molecule has 2 aromatic heterocycles. The molecule has 0 spiro atoms. The Morgan fingerprint density at radius 1 is 1.15 bits per heavy atom. The first-order valence-corrected chi connectivity index (χ1v) is 14.6. The van der Waals surface area contributed by atoms with Crippen LogP contribution in [0.25, 0.3) is 11.2 Å². The third kappa shape index (κ3) is 6.09. The van der Waals surface area contributed by atoms with Gasteiger partial charge in [-0.1, -0.05) is 32.9 Å². The van der Waals surface area contributed by atoms with Crippen LogP contribution in [0.5, 0.6) is 5.75 Å². The summed E-state index contributed by atoms with van der Waals surface area (Å²) in [6.07, 6.45) is 3.17. The van der Waals surface area contributed by atoms with Crippen LogP contribution in [-0.2, 0) is 11.3 Å². The fraction of sp³-hybridized carbons (Fsp3) is 0.621. The van der Waals surface area contributed by atoms with Crippen molar-refractivity contribution in [2.24, 2.45) is 11.8 Å². The summed E-state index contributed by atoms with van der Waals surface area (Å²) in [6, 6.07) is 7.53. The van der Waals surface area contributed by atoms with Gasteiger partial charge in [0.2, 0.25) is 5.95 Å². The minimum Gasteiger partial charge on any atom is -0.435 e. The number of hydrazine groups is 1. The normalized spacial score (nSPS) is 22.7. The van der Waals surface area contributed by atoms with Gasteiger partial charge in [0, 0.05) is 37.8 Å². The molecule has 2 fully saturated rings. The van der Waals surface area contributed by atoms with Gasteiger partial charge in [-0.2, -0.15) is 18.7 Å². The van der Waals surface area contributed by atoms with E-state index in [2.05, 4.69) is 52.2 Å². The zero-order valence-corrected chi connectivity index (χ0v) is 24.6. The van der Waals surface area contributed by atoms with Gasteiger partial charge in [-0.05, 0) is 56.7 Å². The number of alkyl halides is 2. The van der Waals surface area contributed by atoms with E-state index in [-0.39, 0.29) is 30.0 Å². The summed E-state index contributed by atoms with van der Waals surface area (Å²) in [5.74, 6) is 8.32. The second-order valence-electron chi connectivity index (χ2n) is 11.5. The molecule has 2 aliphatic rings. The number of rotatable bonds is 10. The van der Waals surface area contributed by atoms with E-state index < -0.39 is 6.61 Å². The SMILES string of the molecule is CC[C@@H]1CN(c2nc(NN)nc3c2nc(C)n3C[C@@H]2CCCO2)[C@@H](C)CN1C(c1ccc(OC(F)F)cc1)C(C)C. The Hall–Kier alpha value is -3.09. The number of imidazole rings is 1. The molecule has 3 aromatic rings. The largest absolute Gasteiger partial charge is 0.435 e. The molecule has 10 nitrogen and oxygen atoms in total. The van der Waals surface area contributed by atoms with Crippen LogP contribution in [0.3, 0.4) is 0 Å². The lowest BCUT2D eigenvalue weighted by Gasteiger charge is -2.50. The zero-order valence-electron chi connectivity index (χ0n) is 24.6. The predicted molar refractivity (Wildman–Crippen MR) is 155 cm³/mol. The van der Waals surface area contributed by atoms with Crippen LogP contribution in [0.2, 0.25) is 0 Å². The third-order valence-corrected chi connectivity index (χ3v) is 8.37. The van der Waals surface area contributed by atoms with E-state index in [9.17, 15) is 8.78 Å². The molecule has 4 heterocycles. The number of aryl methyl sites for hydroxylation is 1. The minimum atomic E-state index is -2.84. The molecule has 5 rings (SSSR count). The van der Waals surface area contributed by atoms with E-state index in [1.54, 1.807) is 12.1 Å². The van der Waals surface area contributed by atoms with Gasteiger partial charge in [0.15, 0.2) is 17.0 Å². The zero-order chi connectivity index (χ0) is 29.3. The van der Waals surface area contributed by atoms with Crippen LogP contribution in [0, 0.1) is 12.8 Å². The minimum absolute atomic E-state index is 0.115. The molecule has 2 saturated heterocycles. The van der Waals surface area contributed by atoms with Crippen LogP contribution in [0.15, 0.2) is 24.3 Å². The molecule has 0 bridgehead atoms. The first-order chi connectivity index (χ1) is 19.7. The summed E-state index contributed by atoms with van der Waals surface area (Å²) in [7, 11) is 0. The highest BCUT2D eigenvalue weighted by Gasteiger charge is 2.38. The van der Waals surface area contributed by atoms with Crippen LogP contribution in [-0.4, -0.2) is 68.9 Å². The lowest BCUT2D eigenvalue weighted by atomic mass is 9.90. The number of nitrogen functional groups attached to an aromatic ring is 1. The Bertz CT molecular complexity index is 1310.